The average molecular weight is 580 g/mol. The van der Waals surface area contributed by atoms with Gasteiger partial charge in [0.2, 0.25) is 5.76 Å². The molecule has 0 saturated heterocycles. The van der Waals surface area contributed by atoms with Gasteiger partial charge in [-0.2, -0.15) is 0 Å². The number of fused-ring (bicyclic) bond motifs is 5. The van der Waals surface area contributed by atoms with E-state index >= 15 is 0 Å². The van der Waals surface area contributed by atoms with Crippen molar-refractivity contribution >= 4 is 50.7 Å². The molecule has 208 valence electrons. The molecule has 3 aromatic carbocycles. The molecule has 5 aromatic rings. The van der Waals surface area contributed by atoms with Crippen LogP contribution in [-0.2, 0) is 16.9 Å². The van der Waals surface area contributed by atoms with Gasteiger partial charge in [-0.05, 0) is 49.2 Å². The molecular weight excluding hydrogens is 557 g/mol. The zero-order chi connectivity index (χ0) is 29.5. The molecule has 7 rings (SSSR count). The predicted octanol–water partition coefficient (Wildman–Crippen LogP) is 5.66. The van der Waals surface area contributed by atoms with Crippen molar-refractivity contribution in [2.75, 3.05) is 9.80 Å². The van der Waals surface area contributed by atoms with Crippen LogP contribution in [-0.4, -0.2) is 22.6 Å². The first kappa shape index (κ1) is 26.0. The molecule has 2 amide bonds. The van der Waals surface area contributed by atoms with E-state index in [0.29, 0.717) is 21.8 Å². The molecule has 0 bridgehead atoms. The molecule has 8 nitrogen and oxygen atoms in total. The molecule has 0 aliphatic carbocycles. The largest absolute Gasteiger partial charge is 0.450 e. The summed E-state index contributed by atoms with van der Waals surface area (Å²) in [4.78, 5) is 63.5. The van der Waals surface area contributed by atoms with Crippen LogP contribution < -0.4 is 15.2 Å². The molecule has 2 aliphatic rings. The van der Waals surface area contributed by atoms with Crippen LogP contribution in [0.2, 0.25) is 0 Å². The molecule has 42 heavy (non-hydrogen) atoms. The number of hydrogen-bond acceptors (Lipinski definition) is 7. The van der Waals surface area contributed by atoms with E-state index in [-0.39, 0.29) is 39.8 Å². The number of aryl methyl sites for hydroxylation is 2. The average Bonchev–Trinajstić information content (AvgIpc) is 3.55. The highest BCUT2D eigenvalue weighted by molar-refractivity contribution is 7.17. The summed E-state index contributed by atoms with van der Waals surface area (Å²) in [7, 11) is 0. The fraction of sp³-hybridized carbons (Fsp3) is 0.156. The first-order valence-electron chi connectivity index (χ1n) is 13.2. The van der Waals surface area contributed by atoms with Crippen molar-refractivity contribution in [2.45, 2.75) is 32.9 Å². The van der Waals surface area contributed by atoms with Crippen molar-refractivity contribution in [1.82, 2.24) is 4.98 Å². The van der Waals surface area contributed by atoms with Crippen molar-refractivity contribution in [3.63, 3.8) is 0 Å². The SMILES string of the molecule is CC(=O)c1sc(N2C(=O)c3oc4ccc(F)cc4c(=O)c3C23C(=O)N(Cc2ccccc2C)c2ccccc23)nc1C. The summed E-state index contributed by atoms with van der Waals surface area (Å²) in [6.45, 7) is 5.15. The van der Waals surface area contributed by atoms with Crippen molar-refractivity contribution in [2.24, 2.45) is 0 Å². The number of Topliss-reactive ketones (excluding diaryl/α,β-unsaturated/α-hetero) is 1. The summed E-state index contributed by atoms with van der Waals surface area (Å²) in [6, 6.07) is 18.0. The molecule has 2 aliphatic heterocycles. The number of halogens is 1. The Morgan fingerprint density at radius 2 is 1.76 bits per heavy atom. The quantitative estimate of drug-likeness (QED) is 0.255. The fourth-order valence-corrected chi connectivity index (χ4v) is 7.07. The number of benzene rings is 3. The summed E-state index contributed by atoms with van der Waals surface area (Å²) in [5.74, 6) is -2.54. The van der Waals surface area contributed by atoms with E-state index in [4.69, 9.17) is 4.42 Å². The molecule has 0 fully saturated rings. The van der Waals surface area contributed by atoms with E-state index in [1.807, 2.05) is 31.2 Å². The highest BCUT2D eigenvalue weighted by Gasteiger charge is 2.66. The summed E-state index contributed by atoms with van der Waals surface area (Å²) in [5, 5.41) is -0.0187. The lowest BCUT2D eigenvalue weighted by molar-refractivity contribution is -0.121. The number of carbonyl (C=O) groups excluding carboxylic acids is 3. The van der Waals surface area contributed by atoms with Gasteiger partial charge in [0.1, 0.15) is 11.4 Å². The Morgan fingerprint density at radius 3 is 2.50 bits per heavy atom. The molecule has 1 atom stereocenters. The van der Waals surface area contributed by atoms with Crippen molar-refractivity contribution in [3.05, 3.63) is 121 Å². The van der Waals surface area contributed by atoms with Gasteiger partial charge >= 0.3 is 0 Å². The second-order valence-electron chi connectivity index (χ2n) is 10.4. The Hall–Kier alpha value is -4.96. The van der Waals surface area contributed by atoms with Gasteiger partial charge in [-0.15, -0.1) is 0 Å². The summed E-state index contributed by atoms with van der Waals surface area (Å²) in [6.07, 6.45) is 0. The Labute approximate surface area is 242 Å². The Balaban J connectivity index is 1.57. The van der Waals surface area contributed by atoms with Crippen LogP contribution in [0, 0.1) is 19.7 Å². The molecule has 0 radical (unpaired) electrons. The number of carbonyl (C=O) groups is 3. The third-order valence-electron chi connectivity index (χ3n) is 7.97. The highest BCUT2D eigenvalue weighted by atomic mass is 32.1. The molecular formula is C32H22FN3O5S. The highest BCUT2D eigenvalue weighted by Crippen LogP contribution is 2.55. The van der Waals surface area contributed by atoms with E-state index in [1.165, 1.54) is 17.9 Å². The standard InChI is InChI=1S/C32H22FN3O5S/c1-16-8-4-5-9-19(16)15-35-23-11-7-6-10-22(23)32(30(35)40)25-26(38)21-14-20(33)12-13-24(21)41-27(25)29(39)36(32)31-34-17(2)28(42-31)18(3)37/h4-14H,15H2,1-3H3. The maximum Gasteiger partial charge on any atom is 0.297 e. The predicted molar refractivity (Wildman–Crippen MR) is 156 cm³/mol. The number of rotatable bonds is 4. The minimum Gasteiger partial charge on any atom is -0.450 e. The molecule has 4 heterocycles. The van der Waals surface area contributed by atoms with E-state index < -0.39 is 28.6 Å². The number of para-hydroxylation sites is 1. The van der Waals surface area contributed by atoms with E-state index in [9.17, 15) is 23.6 Å². The van der Waals surface area contributed by atoms with Gasteiger partial charge in [0.05, 0.1) is 33.8 Å². The number of anilines is 2. The summed E-state index contributed by atoms with van der Waals surface area (Å²) >= 11 is 0.967. The first-order valence-corrected chi connectivity index (χ1v) is 14.0. The van der Waals surface area contributed by atoms with Gasteiger partial charge in [0, 0.05) is 12.5 Å². The van der Waals surface area contributed by atoms with Gasteiger partial charge in [-0.3, -0.25) is 24.1 Å². The second kappa shape index (κ2) is 9.02. The van der Waals surface area contributed by atoms with E-state index in [1.54, 1.807) is 36.1 Å². The van der Waals surface area contributed by atoms with E-state index in [0.717, 1.165) is 34.6 Å². The smallest absolute Gasteiger partial charge is 0.297 e. The zero-order valence-corrected chi connectivity index (χ0v) is 23.5. The summed E-state index contributed by atoms with van der Waals surface area (Å²) in [5.41, 5.74) is 0.257. The van der Waals surface area contributed by atoms with Gasteiger partial charge in [-0.25, -0.2) is 9.37 Å². The number of thiazole rings is 1. The number of ketones is 1. The monoisotopic (exact) mass is 579 g/mol. The van der Waals surface area contributed by atoms with Crippen LogP contribution >= 0.6 is 11.3 Å². The van der Waals surface area contributed by atoms with Crippen LogP contribution in [0.3, 0.4) is 0 Å². The third-order valence-corrected chi connectivity index (χ3v) is 9.22. The third kappa shape index (κ3) is 3.35. The number of nitrogens with zero attached hydrogens (tertiary/aromatic N) is 3. The second-order valence-corrected chi connectivity index (χ2v) is 11.4. The van der Waals surface area contributed by atoms with Gasteiger partial charge < -0.3 is 9.32 Å². The van der Waals surface area contributed by atoms with Crippen LogP contribution in [0.15, 0.2) is 75.9 Å². The number of aromatic nitrogens is 1. The van der Waals surface area contributed by atoms with Crippen LogP contribution in [0.5, 0.6) is 0 Å². The molecule has 0 saturated carbocycles. The minimum absolute atomic E-state index is 0.0146. The van der Waals surface area contributed by atoms with Crippen molar-refractivity contribution < 1.29 is 23.2 Å². The molecule has 0 N–H and O–H groups in total. The number of amides is 2. The minimum atomic E-state index is -1.99. The summed E-state index contributed by atoms with van der Waals surface area (Å²) < 4.78 is 20.4. The maximum atomic E-state index is 15.0. The lowest BCUT2D eigenvalue weighted by Gasteiger charge is -2.32. The zero-order valence-electron chi connectivity index (χ0n) is 22.7. The Morgan fingerprint density at radius 1 is 1.02 bits per heavy atom. The fourth-order valence-electron chi connectivity index (χ4n) is 6.05. The normalized spacial score (nSPS) is 17.4. The molecule has 1 spiro atoms. The van der Waals surface area contributed by atoms with Gasteiger partial charge in [0.15, 0.2) is 21.9 Å². The lowest BCUT2D eigenvalue weighted by Crippen LogP contribution is -2.53. The number of hydrogen-bond donors (Lipinski definition) is 0. The first-order chi connectivity index (χ1) is 20.1. The molecule has 10 heteroatoms. The van der Waals surface area contributed by atoms with E-state index in [2.05, 4.69) is 4.98 Å². The van der Waals surface area contributed by atoms with Crippen molar-refractivity contribution in [3.8, 4) is 0 Å². The van der Waals surface area contributed by atoms with Gasteiger partial charge in [0.25, 0.3) is 11.8 Å². The van der Waals surface area contributed by atoms with Crippen LogP contribution in [0.1, 0.15) is 55.1 Å². The topological polar surface area (TPSA) is 101 Å². The molecule has 1 unspecified atom stereocenters. The lowest BCUT2D eigenvalue weighted by atomic mass is 9.84. The van der Waals surface area contributed by atoms with Crippen LogP contribution in [0.25, 0.3) is 11.0 Å². The Kier molecular flexibility index (Phi) is 5.58. The van der Waals surface area contributed by atoms with Crippen molar-refractivity contribution in [1.29, 1.82) is 0 Å². The van der Waals surface area contributed by atoms with Crippen LogP contribution in [0.4, 0.5) is 15.2 Å². The van der Waals surface area contributed by atoms with Gasteiger partial charge in [-0.1, -0.05) is 53.8 Å². The Bertz CT molecular complexity index is 2080. The maximum absolute atomic E-state index is 15.0. The molecule has 2 aromatic heterocycles.